The molecule has 0 bridgehead atoms. The van der Waals surface area contributed by atoms with Gasteiger partial charge < -0.3 is 0 Å². The second-order valence-electron chi connectivity index (χ2n) is 5.38. The van der Waals surface area contributed by atoms with Crippen molar-refractivity contribution in [2.45, 2.75) is 51.4 Å². The second kappa shape index (κ2) is 6.67. The predicted octanol–water partition coefficient (Wildman–Crippen LogP) is 4.30. The summed E-state index contributed by atoms with van der Waals surface area (Å²) in [6.45, 7) is 0. The van der Waals surface area contributed by atoms with Gasteiger partial charge in [0.2, 0.25) is 0 Å². The van der Waals surface area contributed by atoms with Gasteiger partial charge in [0.05, 0.1) is 0 Å². The molecule has 0 radical (unpaired) electrons. The van der Waals surface area contributed by atoms with Crippen LogP contribution in [0.5, 0.6) is 0 Å². The van der Waals surface area contributed by atoms with Crippen LogP contribution in [0.2, 0.25) is 0 Å². The maximum atomic E-state index is 12.7. The van der Waals surface area contributed by atoms with E-state index in [1.165, 1.54) is 44.2 Å². The van der Waals surface area contributed by atoms with Gasteiger partial charge in [0, 0.05) is 12.8 Å². The summed E-state index contributed by atoms with van der Waals surface area (Å²) in [5.74, 6) is 0.802. The van der Waals surface area contributed by atoms with Crippen molar-refractivity contribution in [1.29, 1.82) is 0 Å². The van der Waals surface area contributed by atoms with Crippen LogP contribution < -0.4 is 0 Å². The van der Waals surface area contributed by atoms with Crippen molar-refractivity contribution in [3.8, 4) is 0 Å². The van der Waals surface area contributed by atoms with Crippen LogP contribution in [-0.4, -0.2) is 5.78 Å². The van der Waals surface area contributed by atoms with Crippen LogP contribution in [0.25, 0.3) is 0 Å². The number of hydrogen-bond donors (Lipinski definition) is 0. The summed E-state index contributed by atoms with van der Waals surface area (Å²) in [7, 11) is 0. The van der Waals surface area contributed by atoms with E-state index >= 15 is 0 Å². The van der Waals surface area contributed by atoms with Gasteiger partial charge in [-0.25, -0.2) is 4.39 Å². The lowest BCUT2D eigenvalue weighted by Gasteiger charge is -2.20. The van der Waals surface area contributed by atoms with E-state index in [-0.39, 0.29) is 11.6 Å². The summed E-state index contributed by atoms with van der Waals surface area (Å²) in [6, 6.07) is 6.25. The fourth-order valence-corrected chi connectivity index (χ4v) is 2.76. The molecular weight excluding hydrogens is 227 g/mol. The number of ketones is 1. The quantitative estimate of drug-likeness (QED) is 0.759. The maximum Gasteiger partial charge on any atom is 0.137 e. The van der Waals surface area contributed by atoms with Gasteiger partial charge >= 0.3 is 0 Å². The van der Waals surface area contributed by atoms with Gasteiger partial charge in [-0.3, -0.25) is 4.79 Å². The standard InChI is InChI=1S/C16H21FO/c17-15-9-6-14(7-10-15)12-16(18)11-8-13-4-2-1-3-5-13/h6-7,9-10,13H,1-5,8,11-12H2. The van der Waals surface area contributed by atoms with Crippen LogP contribution in [0, 0.1) is 11.7 Å². The molecular formula is C16H21FO. The molecule has 98 valence electrons. The van der Waals surface area contributed by atoms with E-state index in [4.69, 9.17) is 0 Å². The number of halogens is 1. The van der Waals surface area contributed by atoms with Crippen LogP contribution in [-0.2, 0) is 11.2 Å². The summed E-state index contributed by atoms with van der Waals surface area (Å²) >= 11 is 0. The average molecular weight is 248 g/mol. The molecule has 0 saturated heterocycles. The van der Waals surface area contributed by atoms with Gasteiger partial charge in [-0.2, -0.15) is 0 Å². The summed E-state index contributed by atoms with van der Waals surface area (Å²) in [5, 5.41) is 0. The average Bonchev–Trinajstić information content (AvgIpc) is 2.40. The fraction of sp³-hybridized carbons (Fsp3) is 0.562. The molecule has 0 unspecified atom stereocenters. The van der Waals surface area contributed by atoms with E-state index in [1.807, 2.05) is 0 Å². The van der Waals surface area contributed by atoms with Crippen LogP contribution in [0.4, 0.5) is 4.39 Å². The summed E-state index contributed by atoms with van der Waals surface area (Å²) in [5.41, 5.74) is 0.921. The van der Waals surface area contributed by atoms with Crippen molar-refractivity contribution in [1.82, 2.24) is 0 Å². The SMILES string of the molecule is O=C(CCC1CCCCC1)Cc1ccc(F)cc1. The molecule has 1 nitrogen and oxygen atoms in total. The number of benzene rings is 1. The fourth-order valence-electron chi connectivity index (χ4n) is 2.76. The molecule has 1 aliphatic carbocycles. The van der Waals surface area contributed by atoms with Crippen LogP contribution in [0.3, 0.4) is 0 Å². The molecule has 1 fully saturated rings. The number of hydrogen-bond acceptors (Lipinski definition) is 1. The molecule has 0 amide bonds. The third-order valence-electron chi connectivity index (χ3n) is 3.87. The first kappa shape index (κ1) is 13.3. The Morgan fingerprint density at radius 3 is 2.44 bits per heavy atom. The maximum absolute atomic E-state index is 12.7. The lowest BCUT2D eigenvalue weighted by Crippen LogP contribution is -2.10. The largest absolute Gasteiger partial charge is 0.299 e. The van der Waals surface area contributed by atoms with Crippen molar-refractivity contribution in [2.24, 2.45) is 5.92 Å². The smallest absolute Gasteiger partial charge is 0.137 e. The Morgan fingerprint density at radius 2 is 1.78 bits per heavy atom. The van der Waals surface area contributed by atoms with E-state index in [0.717, 1.165) is 17.9 Å². The van der Waals surface area contributed by atoms with Crippen molar-refractivity contribution < 1.29 is 9.18 Å². The second-order valence-corrected chi connectivity index (χ2v) is 5.38. The zero-order valence-corrected chi connectivity index (χ0v) is 10.8. The highest BCUT2D eigenvalue weighted by atomic mass is 19.1. The lowest BCUT2D eigenvalue weighted by molar-refractivity contribution is -0.118. The first-order valence-electron chi connectivity index (χ1n) is 7.00. The Morgan fingerprint density at radius 1 is 1.11 bits per heavy atom. The number of carbonyl (C=O) groups is 1. The Labute approximate surface area is 108 Å². The van der Waals surface area contributed by atoms with E-state index in [9.17, 15) is 9.18 Å². The van der Waals surface area contributed by atoms with Crippen molar-refractivity contribution in [2.75, 3.05) is 0 Å². The number of carbonyl (C=O) groups excluding carboxylic acids is 1. The molecule has 0 heterocycles. The van der Waals surface area contributed by atoms with Gasteiger partial charge in [0.25, 0.3) is 0 Å². The molecule has 2 rings (SSSR count). The van der Waals surface area contributed by atoms with E-state index < -0.39 is 0 Å². The third kappa shape index (κ3) is 4.25. The summed E-state index contributed by atoms with van der Waals surface area (Å²) in [6.07, 6.45) is 8.79. The molecule has 1 aromatic carbocycles. The Bertz CT molecular complexity index is 377. The number of Topliss-reactive ketones (excluding diaryl/α,β-unsaturated/α-hetero) is 1. The van der Waals surface area contributed by atoms with Crippen LogP contribution in [0.15, 0.2) is 24.3 Å². The monoisotopic (exact) mass is 248 g/mol. The highest BCUT2D eigenvalue weighted by Crippen LogP contribution is 2.27. The molecule has 0 atom stereocenters. The molecule has 0 N–H and O–H groups in total. The highest BCUT2D eigenvalue weighted by Gasteiger charge is 2.14. The van der Waals surface area contributed by atoms with Crippen molar-refractivity contribution >= 4 is 5.78 Å². The minimum Gasteiger partial charge on any atom is -0.299 e. The van der Waals surface area contributed by atoms with E-state index in [2.05, 4.69) is 0 Å². The predicted molar refractivity (Wildman–Crippen MR) is 70.9 cm³/mol. The zero-order valence-electron chi connectivity index (χ0n) is 10.8. The van der Waals surface area contributed by atoms with Crippen LogP contribution in [0.1, 0.15) is 50.5 Å². The first-order valence-corrected chi connectivity index (χ1v) is 7.00. The third-order valence-corrected chi connectivity index (χ3v) is 3.87. The minimum atomic E-state index is -0.242. The van der Waals surface area contributed by atoms with E-state index in [0.29, 0.717) is 12.8 Å². The summed E-state index contributed by atoms with van der Waals surface area (Å²) < 4.78 is 12.7. The molecule has 2 heteroatoms. The highest BCUT2D eigenvalue weighted by molar-refractivity contribution is 5.80. The zero-order chi connectivity index (χ0) is 12.8. The molecule has 0 aliphatic heterocycles. The molecule has 18 heavy (non-hydrogen) atoms. The lowest BCUT2D eigenvalue weighted by atomic mass is 9.85. The van der Waals surface area contributed by atoms with Gasteiger partial charge in [0.1, 0.15) is 11.6 Å². The topological polar surface area (TPSA) is 17.1 Å². The number of rotatable bonds is 5. The van der Waals surface area contributed by atoms with Crippen LogP contribution >= 0.6 is 0 Å². The molecule has 1 aliphatic rings. The Kier molecular flexibility index (Phi) is 4.91. The van der Waals surface area contributed by atoms with Crippen molar-refractivity contribution in [3.05, 3.63) is 35.6 Å². The van der Waals surface area contributed by atoms with Crippen molar-refractivity contribution in [3.63, 3.8) is 0 Å². The first-order chi connectivity index (χ1) is 8.74. The Balaban J connectivity index is 1.73. The van der Waals surface area contributed by atoms with Gasteiger partial charge in [-0.1, -0.05) is 44.2 Å². The minimum absolute atomic E-state index is 0.242. The Hall–Kier alpha value is -1.18. The van der Waals surface area contributed by atoms with Gasteiger partial charge in [-0.15, -0.1) is 0 Å². The normalized spacial score (nSPS) is 16.7. The molecule has 0 spiro atoms. The molecule has 0 aromatic heterocycles. The molecule has 1 aromatic rings. The van der Waals surface area contributed by atoms with Gasteiger partial charge in [0.15, 0.2) is 0 Å². The molecule has 1 saturated carbocycles. The van der Waals surface area contributed by atoms with Gasteiger partial charge in [-0.05, 0) is 30.0 Å². The summed E-state index contributed by atoms with van der Waals surface area (Å²) in [4.78, 5) is 11.8. The van der Waals surface area contributed by atoms with E-state index in [1.54, 1.807) is 12.1 Å².